The number of rotatable bonds is 7. The molecule has 3 rings (SSSR count). The fourth-order valence-corrected chi connectivity index (χ4v) is 2.83. The van der Waals surface area contributed by atoms with Gasteiger partial charge in [0.15, 0.2) is 0 Å². The number of aryl methyl sites for hydroxylation is 1. The predicted octanol–water partition coefficient (Wildman–Crippen LogP) is 4.72. The summed E-state index contributed by atoms with van der Waals surface area (Å²) in [7, 11) is 1.66. The number of hydrogen-bond donors (Lipinski definition) is 1. The molecule has 1 amide bonds. The van der Waals surface area contributed by atoms with Crippen LogP contribution in [-0.4, -0.2) is 19.6 Å². The molecule has 0 unspecified atom stereocenters. The van der Waals surface area contributed by atoms with Gasteiger partial charge >= 0.3 is 0 Å². The molecule has 0 aliphatic carbocycles. The van der Waals surface area contributed by atoms with Crippen molar-refractivity contribution in [3.8, 4) is 16.9 Å². The standard InChI is InChI=1S/C23H23NO2/c1-26-22-15-9-18(10-16-22)6-5-17-24-23(25)21-13-11-20(12-14-21)19-7-3-2-4-8-19/h2-4,7-16H,5-6,17H2,1H3,(H,24,25). The van der Waals surface area contributed by atoms with Gasteiger partial charge in [-0.1, -0.05) is 54.6 Å². The molecule has 26 heavy (non-hydrogen) atoms. The van der Waals surface area contributed by atoms with Crippen LogP contribution in [0.4, 0.5) is 0 Å². The molecule has 0 atom stereocenters. The van der Waals surface area contributed by atoms with E-state index in [1.54, 1.807) is 7.11 Å². The van der Waals surface area contributed by atoms with Crippen LogP contribution in [0.15, 0.2) is 78.9 Å². The van der Waals surface area contributed by atoms with Crippen molar-refractivity contribution < 1.29 is 9.53 Å². The molecule has 0 heterocycles. The summed E-state index contributed by atoms with van der Waals surface area (Å²) in [5.74, 6) is 0.834. The molecule has 3 aromatic rings. The first-order valence-corrected chi connectivity index (χ1v) is 8.83. The van der Waals surface area contributed by atoms with Gasteiger partial charge in [-0.3, -0.25) is 4.79 Å². The lowest BCUT2D eigenvalue weighted by Crippen LogP contribution is -2.24. The van der Waals surface area contributed by atoms with Crippen LogP contribution in [-0.2, 0) is 6.42 Å². The van der Waals surface area contributed by atoms with Crippen LogP contribution in [0.3, 0.4) is 0 Å². The molecule has 3 aromatic carbocycles. The Labute approximate surface area is 154 Å². The van der Waals surface area contributed by atoms with E-state index in [4.69, 9.17) is 4.74 Å². The first-order chi connectivity index (χ1) is 12.8. The van der Waals surface area contributed by atoms with Gasteiger partial charge in [0.05, 0.1) is 7.11 Å². The summed E-state index contributed by atoms with van der Waals surface area (Å²) in [4.78, 5) is 12.3. The van der Waals surface area contributed by atoms with Gasteiger partial charge in [-0.25, -0.2) is 0 Å². The number of amides is 1. The largest absolute Gasteiger partial charge is 0.497 e. The molecule has 0 saturated heterocycles. The minimum atomic E-state index is -0.0284. The average Bonchev–Trinajstić information content (AvgIpc) is 2.72. The summed E-state index contributed by atoms with van der Waals surface area (Å²) in [5, 5.41) is 2.99. The van der Waals surface area contributed by atoms with Crippen molar-refractivity contribution in [2.45, 2.75) is 12.8 Å². The van der Waals surface area contributed by atoms with E-state index in [0.29, 0.717) is 12.1 Å². The van der Waals surface area contributed by atoms with Crippen LogP contribution in [0.5, 0.6) is 5.75 Å². The van der Waals surface area contributed by atoms with Crippen LogP contribution in [0.1, 0.15) is 22.3 Å². The molecule has 1 N–H and O–H groups in total. The molecule has 0 spiro atoms. The first kappa shape index (κ1) is 17.7. The maximum Gasteiger partial charge on any atom is 0.251 e. The summed E-state index contributed by atoms with van der Waals surface area (Å²) in [6.45, 7) is 0.658. The second kappa shape index (κ2) is 8.86. The van der Waals surface area contributed by atoms with E-state index in [0.717, 1.165) is 29.7 Å². The van der Waals surface area contributed by atoms with E-state index < -0.39 is 0 Å². The Balaban J connectivity index is 1.47. The minimum Gasteiger partial charge on any atom is -0.497 e. The summed E-state index contributed by atoms with van der Waals surface area (Å²) in [6, 6.07) is 25.9. The van der Waals surface area contributed by atoms with Gasteiger partial charge in [0.2, 0.25) is 0 Å². The third kappa shape index (κ3) is 4.73. The van der Waals surface area contributed by atoms with Crippen molar-refractivity contribution in [1.82, 2.24) is 5.32 Å². The number of ether oxygens (including phenoxy) is 1. The van der Waals surface area contributed by atoms with E-state index >= 15 is 0 Å². The molecule has 3 nitrogen and oxygen atoms in total. The number of hydrogen-bond acceptors (Lipinski definition) is 2. The maximum absolute atomic E-state index is 12.3. The lowest BCUT2D eigenvalue weighted by molar-refractivity contribution is 0.0953. The third-order valence-corrected chi connectivity index (χ3v) is 4.34. The normalized spacial score (nSPS) is 10.3. The predicted molar refractivity (Wildman–Crippen MR) is 106 cm³/mol. The Kier molecular flexibility index (Phi) is 6.05. The second-order valence-corrected chi connectivity index (χ2v) is 6.15. The minimum absolute atomic E-state index is 0.0284. The van der Waals surface area contributed by atoms with Crippen molar-refractivity contribution in [3.05, 3.63) is 90.0 Å². The van der Waals surface area contributed by atoms with E-state index in [2.05, 4.69) is 29.6 Å². The molecule has 0 aliphatic rings. The van der Waals surface area contributed by atoms with E-state index in [9.17, 15) is 4.79 Å². The Morgan fingerprint density at radius 1 is 0.846 bits per heavy atom. The molecule has 0 aliphatic heterocycles. The average molecular weight is 345 g/mol. The number of methoxy groups -OCH3 is 1. The van der Waals surface area contributed by atoms with Gasteiger partial charge in [0, 0.05) is 12.1 Å². The molecular formula is C23H23NO2. The first-order valence-electron chi connectivity index (χ1n) is 8.83. The van der Waals surface area contributed by atoms with Crippen molar-refractivity contribution >= 4 is 5.91 Å². The quantitative estimate of drug-likeness (QED) is 0.629. The van der Waals surface area contributed by atoms with Crippen LogP contribution in [0, 0.1) is 0 Å². The Morgan fingerprint density at radius 3 is 2.15 bits per heavy atom. The summed E-state index contributed by atoms with van der Waals surface area (Å²) in [6.07, 6.45) is 1.83. The number of benzene rings is 3. The fourth-order valence-electron chi connectivity index (χ4n) is 2.83. The van der Waals surface area contributed by atoms with Crippen molar-refractivity contribution in [2.24, 2.45) is 0 Å². The van der Waals surface area contributed by atoms with E-state index in [1.807, 2.05) is 54.6 Å². The topological polar surface area (TPSA) is 38.3 Å². The monoisotopic (exact) mass is 345 g/mol. The zero-order valence-electron chi connectivity index (χ0n) is 14.9. The highest BCUT2D eigenvalue weighted by Gasteiger charge is 2.05. The number of carbonyl (C=O) groups is 1. The van der Waals surface area contributed by atoms with Gasteiger partial charge in [-0.05, 0) is 53.8 Å². The van der Waals surface area contributed by atoms with Crippen LogP contribution < -0.4 is 10.1 Å². The van der Waals surface area contributed by atoms with Crippen molar-refractivity contribution in [3.63, 3.8) is 0 Å². The van der Waals surface area contributed by atoms with Crippen molar-refractivity contribution in [1.29, 1.82) is 0 Å². The van der Waals surface area contributed by atoms with Crippen LogP contribution >= 0.6 is 0 Å². The van der Waals surface area contributed by atoms with Crippen LogP contribution in [0.2, 0.25) is 0 Å². The summed E-state index contributed by atoms with van der Waals surface area (Å²) < 4.78 is 5.15. The van der Waals surface area contributed by atoms with Gasteiger partial charge in [0.1, 0.15) is 5.75 Å². The van der Waals surface area contributed by atoms with Crippen molar-refractivity contribution in [2.75, 3.05) is 13.7 Å². The molecule has 0 saturated carbocycles. The zero-order chi connectivity index (χ0) is 18.2. The van der Waals surface area contributed by atoms with E-state index in [1.165, 1.54) is 5.56 Å². The molecule has 0 fully saturated rings. The molecule has 0 aromatic heterocycles. The Bertz CT molecular complexity index is 824. The van der Waals surface area contributed by atoms with Crippen LogP contribution in [0.25, 0.3) is 11.1 Å². The number of nitrogens with one attached hydrogen (secondary N) is 1. The molecule has 132 valence electrons. The molecule has 0 radical (unpaired) electrons. The molecule has 3 heteroatoms. The zero-order valence-corrected chi connectivity index (χ0v) is 14.9. The molecular weight excluding hydrogens is 322 g/mol. The Morgan fingerprint density at radius 2 is 1.50 bits per heavy atom. The maximum atomic E-state index is 12.3. The summed E-state index contributed by atoms with van der Waals surface area (Å²) >= 11 is 0. The Hall–Kier alpha value is -3.07. The van der Waals surface area contributed by atoms with Gasteiger partial charge in [-0.15, -0.1) is 0 Å². The highest BCUT2D eigenvalue weighted by Crippen LogP contribution is 2.19. The number of carbonyl (C=O) groups excluding carboxylic acids is 1. The third-order valence-electron chi connectivity index (χ3n) is 4.34. The van der Waals surface area contributed by atoms with Gasteiger partial charge < -0.3 is 10.1 Å². The summed E-state index contributed by atoms with van der Waals surface area (Å²) in [5.41, 5.74) is 4.20. The highest BCUT2D eigenvalue weighted by molar-refractivity contribution is 5.94. The molecule has 0 bridgehead atoms. The van der Waals surface area contributed by atoms with Gasteiger partial charge in [-0.2, -0.15) is 0 Å². The van der Waals surface area contributed by atoms with E-state index in [-0.39, 0.29) is 5.91 Å². The smallest absolute Gasteiger partial charge is 0.251 e. The highest BCUT2D eigenvalue weighted by atomic mass is 16.5. The SMILES string of the molecule is COc1ccc(CCCNC(=O)c2ccc(-c3ccccc3)cc2)cc1. The fraction of sp³-hybridized carbons (Fsp3) is 0.174. The second-order valence-electron chi connectivity index (χ2n) is 6.15. The lowest BCUT2D eigenvalue weighted by atomic mass is 10.0. The van der Waals surface area contributed by atoms with Gasteiger partial charge in [0.25, 0.3) is 5.91 Å². The lowest BCUT2D eigenvalue weighted by Gasteiger charge is -2.07.